The predicted molar refractivity (Wildman–Crippen MR) is 43.8 cm³/mol. The zero-order valence-corrected chi connectivity index (χ0v) is 7.56. The lowest BCUT2D eigenvalue weighted by molar-refractivity contribution is 0.499. The molecule has 55 valence electrons. The Bertz CT molecular complexity index is 106. The summed E-state index contributed by atoms with van der Waals surface area (Å²) < 4.78 is 0. The second kappa shape index (κ2) is 6.82. The zero-order valence-electron chi connectivity index (χ0n) is 6.56. The van der Waals surface area contributed by atoms with Crippen LogP contribution in [-0.2, 0) is 0 Å². The Morgan fingerprint density at radius 3 is 2.70 bits per heavy atom. The first-order valence-corrected chi connectivity index (χ1v) is 4.53. The van der Waals surface area contributed by atoms with E-state index in [2.05, 4.69) is 23.2 Å². The van der Waals surface area contributed by atoms with Crippen molar-refractivity contribution in [3.8, 4) is 6.07 Å². The van der Waals surface area contributed by atoms with Crippen molar-refractivity contribution in [1.29, 1.82) is 5.26 Å². The van der Waals surface area contributed by atoms with Crippen LogP contribution in [0.4, 0.5) is 0 Å². The fraction of sp³-hybridized carbons (Fsp3) is 0.875. The van der Waals surface area contributed by atoms with Crippen LogP contribution in [0.2, 0.25) is 6.04 Å². The third kappa shape index (κ3) is 5.84. The highest BCUT2D eigenvalue weighted by atomic mass is 28.1. The van der Waals surface area contributed by atoms with E-state index in [1.54, 1.807) is 0 Å². The zero-order chi connectivity index (χ0) is 7.82. The van der Waals surface area contributed by atoms with Crippen LogP contribution in [-0.4, -0.2) is 10.2 Å². The lowest BCUT2D eigenvalue weighted by Crippen LogP contribution is -1.93. The quantitative estimate of drug-likeness (QED) is 0.438. The van der Waals surface area contributed by atoms with Crippen molar-refractivity contribution in [3.05, 3.63) is 0 Å². The Morgan fingerprint density at radius 1 is 1.50 bits per heavy atom. The molecule has 3 radical (unpaired) electrons. The highest BCUT2D eigenvalue weighted by molar-refractivity contribution is 6.08. The summed E-state index contributed by atoms with van der Waals surface area (Å²) in [6, 6.07) is 3.23. The molecule has 0 saturated carbocycles. The van der Waals surface area contributed by atoms with Crippen molar-refractivity contribution in [3.63, 3.8) is 0 Å². The molecule has 0 aromatic carbocycles. The molecule has 0 bridgehead atoms. The van der Waals surface area contributed by atoms with E-state index in [0.29, 0.717) is 6.42 Å². The third-order valence-corrected chi connectivity index (χ3v) is 1.91. The fourth-order valence-electron chi connectivity index (χ4n) is 0.920. The number of unbranched alkanes of at least 4 members (excludes halogenated alkanes) is 1. The van der Waals surface area contributed by atoms with Gasteiger partial charge in [0.15, 0.2) is 0 Å². The third-order valence-electron chi connectivity index (χ3n) is 1.62. The molecule has 1 unspecified atom stereocenters. The summed E-state index contributed by atoms with van der Waals surface area (Å²) in [7, 11) is 3.44. The van der Waals surface area contributed by atoms with Gasteiger partial charge in [0.2, 0.25) is 0 Å². The standard InChI is InChI=1S/C8H14NSi/c1-8(5-7-10)4-2-3-6-9/h8H,2-5,7H2,1H3. The van der Waals surface area contributed by atoms with Crippen molar-refractivity contribution < 1.29 is 0 Å². The molecule has 0 N–H and O–H groups in total. The molecule has 0 aromatic heterocycles. The van der Waals surface area contributed by atoms with Crippen molar-refractivity contribution >= 4 is 10.2 Å². The first kappa shape index (κ1) is 9.71. The maximum absolute atomic E-state index is 8.25. The lowest BCUT2D eigenvalue weighted by atomic mass is 10.0. The first-order chi connectivity index (χ1) is 4.81. The molecule has 0 heterocycles. The minimum atomic E-state index is 0.714. The number of nitriles is 1. The number of hydrogen-bond acceptors (Lipinski definition) is 1. The number of nitrogens with zero attached hydrogens (tertiary/aromatic N) is 1. The Morgan fingerprint density at radius 2 is 2.20 bits per heavy atom. The van der Waals surface area contributed by atoms with Crippen molar-refractivity contribution in [2.75, 3.05) is 0 Å². The van der Waals surface area contributed by atoms with Gasteiger partial charge in [0.25, 0.3) is 0 Å². The number of hydrogen-bond donors (Lipinski definition) is 0. The van der Waals surface area contributed by atoms with E-state index in [1.807, 2.05) is 0 Å². The predicted octanol–water partition coefficient (Wildman–Crippen LogP) is 2.29. The van der Waals surface area contributed by atoms with E-state index in [-0.39, 0.29) is 0 Å². The van der Waals surface area contributed by atoms with E-state index in [1.165, 1.54) is 12.8 Å². The van der Waals surface area contributed by atoms with Gasteiger partial charge in [-0.25, -0.2) is 0 Å². The molecule has 1 nitrogen and oxygen atoms in total. The van der Waals surface area contributed by atoms with Crippen LogP contribution in [0.1, 0.15) is 32.6 Å². The molecule has 0 saturated heterocycles. The van der Waals surface area contributed by atoms with E-state index in [0.717, 1.165) is 18.4 Å². The fourth-order valence-corrected chi connectivity index (χ4v) is 1.41. The van der Waals surface area contributed by atoms with E-state index < -0.39 is 0 Å². The van der Waals surface area contributed by atoms with E-state index in [9.17, 15) is 0 Å². The van der Waals surface area contributed by atoms with Gasteiger partial charge in [0.1, 0.15) is 0 Å². The summed E-state index contributed by atoms with van der Waals surface area (Å²) >= 11 is 0. The molecule has 0 fully saturated rings. The van der Waals surface area contributed by atoms with Gasteiger partial charge in [-0.15, -0.1) is 0 Å². The lowest BCUT2D eigenvalue weighted by Gasteiger charge is -2.06. The molecule has 0 spiro atoms. The summed E-state index contributed by atoms with van der Waals surface area (Å²) in [4.78, 5) is 0. The molecule has 0 amide bonds. The van der Waals surface area contributed by atoms with Gasteiger partial charge >= 0.3 is 0 Å². The monoisotopic (exact) mass is 152 g/mol. The molecule has 1 atom stereocenters. The van der Waals surface area contributed by atoms with Crippen LogP contribution in [0.15, 0.2) is 0 Å². The molecule has 0 aliphatic heterocycles. The first-order valence-electron chi connectivity index (χ1n) is 3.82. The maximum Gasteiger partial charge on any atom is 0.0621 e. The van der Waals surface area contributed by atoms with Gasteiger partial charge in [-0.3, -0.25) is 0 Å². The molecule has 0 aliphatic rings. The molecule has 0 rings (SSSR count). The second-order valence-corrected chi connectivity index (χ2v) is 3.19. The topological polar surface area (TPSA) is 23.8 Å². The normalized spacial score (nSPS) is 12.5. The smallest absolute Gasteiger partial charge is 0.0621 e. The average molecular weight is 152 g/mol. The minimum Gasteiger partial charge on any atom is -0.198 e. The van der Waals surface area contributed by atoms with Gasteiger partial charge in [0, 0.05) is 16.7 Å². The van der Waals surface area contributed by atoms with Crippen molar-refractivity contribution in [2.24, 2.45) is 5.92 Å². The van der Waals surface area contributed by atoms with Gasteiger partial charge in [-0.05, 0) is 18.8 Å². The molecular weight excluding hydrogens is 138 g/mol. The van der Waals surface area contributed by atoms with Crippen molar-refractivity contribution in [1.82, 2.24) is 0 Å². The van der Waals surface area contributed by atoms with Crippen LogP contribution < -0.4 is 0 Å². The summed E-state index contributed by atoms with van der Waals surface area (Å²) in [5.74, 6) is 0.769. The average Bonchev–Trinajstić information content (AvgIpc) is 1.89. The summed E-state index contributed by atoms with van der Waals surface area (Å²) in [6.45, 7) is 2.23. The van der Waals surface area contributed by atoms with Crippen molar-refractivity contribution in [2.45, 2.75) is 38.7 Å². The van der Waals surface area contributed by atoms with Crippen LogP contribution in [0.25, 0.3) is 0 Å². The molecule has 0 aromatic rings. The summed E-state index contributed by atoms with van der Waals surface area (Å²) in [5, 5.41) is 8.25. The Labute approximate surface area is 66.9 Å². The minimum absolute atomic E-state index is 0.714. The van der Waals surface area contributed by atoms with Crippen LogP contribution in [0.3, 0.4) is 0 Å². The van der Waals surface area contributed by atoms with E-state index in [4.69, 9.17) is 5.26 Å². The largest absolute Gasteiger partial charge is 0.198 e. The van der Waals surface area contributed by atoms with Crippen LogP contribution in [0.5, 0.6) is 0 Å². The molecule has 10 heavy (non-hydrogen) atoms. The SMILES string of the molecule is CC(CC[Si])CCCC#N. The van der Waals surface area contributed by atoms with E-state index >= 15 is 0 Å². The number of rotatable bonds is 5. The highest BCUT2D eigenvalue weighted by Crippen LogP contribution is 2.12. The molecular formula is C8H14NSi. The van der Waals surface area contributed by atoms with Gasteiger partial charge in [-0.2, -0.15) is 5.26 Å². The van der Waals surface area contributed by atoms with Gasteiger partial charge in [-0.1, -0.05) is 19.4 Å². The summed E-state index contributed by atoms with van der Waals surface area (Å²) in [6.07, 6.45) is 4.19. The van der Waals surface area contributed by atoms with Gasteiger partial charge in [0.05, 0.1) is 6.07 Å². The second-order valence-electron chi connectivity index (χ2n) is 2.69. The van der Waals surface area contributed by atoms with Gasteiger partial charge < -0.3 is 0 Å². The Kier molecular flexibility index (Phi) is 6.62. The van der Waals surface area contributed by atoms with Crippen LogP contribution >= 0.6 is 0 Å². The highest BCUT2D eigenvalue weighted by Gasteiger charge is 1.98. The maximum atomic E-state index is 8.25. The molecule has 2 heteroatoms. The molecule has 0 aliphatic carbocycles. The van der Waals surface area contributed by atoms with Crippen LogP contribution in [0, 0.1) is 17.2 Å². The summed E-state index contributed by atoms with van der Waals surface area (Å²) in [5.41, 5.74) is 0. The Balaban J connectivity index is 3.06. The Hall–Kier alpha value is -0.293.